The second kappa shape index (κ2) is 8.25. The number of nitrogens with two attached hydrogens (primary N) is 1. The molecule has 0 radical (unpaired) electrons. The summed E-state index contributed by atoms with van der Waals surface area (Å²) in [4.78, 5) is 27.4. The van der Waals surface area contributed by atoms with Crippen molar-refractivity contribution in [1.82, 2.24) is 10.3 Å². The Hall–Kier alpha value is -2.45. The maximum absolute atomic E-state index is 12.0. The van der Waals surface area contributed by atoms with Gasteiger partial charge in [-0.3, -0.25) is 9.59 Å². The molecule has 0 saturated carbocycles. The van der Waals surface area contributed by atoms with Gasteiger partial charge < -0.3 is 21.1 Å². The van der Waals surface area contributed by atoms with E-state index in [-0.39, 0.29) is 18.4 Å². The number of nitrogens with zero attached hydrogens (tertiary/aromatic N) is 1. The monoisotopic (exact) mass is 334 g/mol. The standard InChI is InChI=1S/C15H18N4O3S/c1-2-17-13(20)8-22-11-5-3-10(4-6-11)18-15(21)12-9-23-14(7-16)19-12/h3-6,9H,2,7-8,16H2,1H3,(H,17,20)(H,18,21). The number of thiazole rings is 1. The van der Waals surface area contributed by atoms with Crippen LogP contribution in [-0.2, 0) is 11.3 Å². The fourth-order valence-corrected chi connectivity index (χ4v) is 2.39. The van der Waals surface area contributed by atoms with Crippen LogP contribution in [0.5, 0.6) is 5.75 Å². The zero-order chi connectivity index (χ0) is 16.7. The molecule has 0 saturated heterocycles. The van der Waals surface area contributed by atoms with Gasteiger partial charge in [0.05, 0.1) is 0 Å². The lowest BCUT2D eigenvalue weighted by Gasteiger charge is -2.07. The molecule has 4 N–H and O–H groups in total. The van der Waals surface area contributed by atoms with Crippen molar-refractivity contribution in [3.63, 3.8) is 0 Å². The average molecular weight is 334 g/mol. The third-order valence-electron chi connectivity index (χ3n) is 2.82. The quantitative estimate of drug-likeness (QED) is 0.709. The lowest BCUT2D eigenvalue weighted by atomic mass is 10.3. The van der Waals surface area contributed by atoms with Gasteiger partial charge in [0, 0.05) is 24.2 Å². The van der Waals surface area contributed by atoms with Gasteiger partial charge in [0.2, 0.25) is 0 Å². The number of carbonyl (C=O) groups excluding carboxylic acids is 2. The van der Waals surface area contributed by atoms with Crippen LogP contribution in [0.25, 0.3) is 0 Å². The fraction of sp³-hybridized carbons (Fsp3) is 0.267. The molecule has 0 unspecified atom stereocenters. The van der Waals surface area contributed by atoms with Crippen molar-refractivity contribution < 1.29 is 14.3 Å². The van der Waals surface area contributed by atoms with Gasteiger partial charge >= 0.3 is 0 Å². The van der Waals surface area contributed by atoms with Crippen molar-refractivity contribution in [2.45, 2.75) is 13.5 Å². The lowest BCUT2D eigenvalue weighted by molar-refractivity contribution is -0.122. The van der Waals surface area contributed by atoms with Gasteiger partial charge in [-0.15, -0.1) is 11.3 Å². The van der Waals surface area contributed by atoms with Gasteiger partial charge in [0.15, 0.2) is 6.61 Å². The van der Waals surface area contributed by atoms with E-state index in [0.29, 0.717) is 35.2 Å². The molecule has 1 aromatic carbocycles. The van der Waals surface area contributed by atoms with Gasteiger partial charge in [-0.1, -0.05) is 0 Å². The maximum Gasteiger partial charge on any atom is 0.275 e. The molecule has 0 spiro atoms. The van der Waals surface area contributed by atoms with Crippen LogP contribution >= 0.6 is 11.3 Å². The number of amides is 2. The van der Waals surface area contributed by atoms with Crippen molar-refractivity contribution in [2.24, 2.45) is 5.73 Å². The zero-order valence-electron chi connectivity index (χ0n) is 12.7. The van der Waals surface area contributed by atoms with Crippen molar-refractivity contribution in [2.75, 3.05) is 18.5 Å². The fourth-order valence-electron chi connectivity index (χ4n) is 1.74. The molecule has 0 aliphatic rings. The minimum Gasteiger partial charge on any atom is -0.484 e. The van der Waals surface area contributed by atoms with Crippen LogP contribution in [-0.4, -0.2) is 29.9 Å². The number of rotatable bonds is 7. The smallest absolute Gasteiger partial charge is 0.275 e. The van der Waals surface area contributed by atoms with Crippen LogP contribution in [0.1, 0.15) is 22.4 Å². The summed E-state index contributed by atoms with van der Waals surface area (Å²) < 4.78 is 5.33. The number of anilines is 1. The number of ether oxygens (including phenoxy) is 1. The van der Waals surface area contributed by atoms with E-state index in [1.165, 1.54) is 11.3 Å². The minimum atomic E-state index is -0.294. The molecule has 2 rings (SSSR count). The molecular weight excluding hydrogens is 316 g/mol. The van der Waals surface area contributed by atoms with Crippen molar-refractivity contribution in [1.29, 1.82) is 0 Å². The molecule has 8 heteroatoms. The lowest BCUT2D eigenvalue weighted by Crippen LogP contribution is -2.28. The Kier molecular flexibility index (Phi) is 6.07. The average Bonchev–Trinajstić information content (AvgIpc) is 3.04. The first-order valence-electron chi connectivity index (χ1n) is 7.07. The molecule has 0 aliphatic heterocycles. The second-order valence-electron chi connectivity index (χ2n) is 4.55. The molecule has 2 aromatic rings. The van der Waals surface area contributed by atoms with Gasteiger partial charge in [-0.25, -0.2) is 4.98 Å². The van der Waals surface area contributed by atoms with Gasteiger partial charge in [-0.2, -0.15) is 0 Å². The predicted molar refractivity (Wildman–Crippen MR) is 88.6 cm³/mol. The number of carbonyl (C=O) groups is 2. The van der Waals surface area contributed by atoms with Crippen molar-refractivity contribution >= 4 is 28.8 Å². The molecular formula is C15H18N4O3S. The zero-order valence-corrected chi connectivity index (χ0v) is 13.5. The third-order valence-corrected chi connectivity index (χ3v) is 3.69. The Morgan fingerprint density at radius 1 is 1.30 bits per heavy atom. The van der Waals surface area contributed by atoms with E-state index in [9.17, 15) is 9.59 Å². The highest BCUT2D eigenvalue weighted by atomic mass is 32.1. The van der Waals surface area contributed by atoms with E-state index >= 15 is 0 Å². The Morgan fingerprint density at radius 2 is 2.04 bits per heavy atom. The molecule has 0 atom stereocenters. The number of hydrogen-bond donors (Lipinski definition) is 3. The Bertz CT molecular complexity index is 670. The van der Waals surface area contributed by atoms with Crippen molar-refractivity contribution in [3.05, 3.63) is 40.3 Å². The van der Waals surface area contributed by atoms with E-state index in [0.717, 1.165) is 0 Å². The van der Waals surface area contributed by atoms with E-state index in [1.807, 2.05) is 6.92 Å². The molecule has 122 valence electrons. The van der Waals surface area contributed by atoms with Gasteiger partial charge in [0.1, 0.15) is 16.5 Å². The molecule has 23 heavy (non-hydrogen) atoms. The van der Waals surface area contributed by atoms with Crippen LogP contribution < -0.4 is 21.1 Å². The number of aromatic nitrogens is 1. The molecule has 0 bridgehead atoms. The highest BCUT2D eigenvalue weighted by Crippen LogP contribution is 2.17. The topological polar surface area (TPSA) is 106 Å². The molecule has 1 aromatic heterocycles. The molecule has 1 heterocycles. The Labute approximate surface area is 137 Å². The summed E-state index contributed by atoms with van der Waals surface area (Å²) >= 11 is 1.35. The maximum atomic E-state index is 12.0. The number of likely N-dealkylation sites (N-methyl/N-ethyl adjacent to an activating group) is 1. The highest BCUT2D eigenvalue weighted by molar-refractivity contribution is 7.09. The van der Waals surface area contributed by atoms with Crippen molar-refractivity contribution in [3.8, 4) is 5.75 Å². The largest absolute Gasteiger partial charge is 0.484 e. The highest BCUT2D eigenvalue weighted by Gasteiger charge is 2.10. The van der Waals surface area contributed by atoms with E-state index in [2.05, 4.69) is 15.6 Å². The van der Waals surface area contributed by atoms with Crippen LogP contribution in [0.4, 0.5) is 5.69 Å². The van der Waals surface area contributed by atoms with Crippen LogP contribution in [0.2, 0.25) is 0 Å². The first-order chi connectivity index (χ1) is 11.1. The van der Waals surface area contributed by atoms with Gasteiger partial charge in [-0.05, 0) is 31.2 Å². The Morgan fingerprint density at radius 3 is 2.65 bits per heavy atom. The number of nitrogens with one attached hydrogen (secondary N) is 2. The number of hydrogen-bond acceptors (Lipinski definition) is 6. The molecule has 0 aliphatic carbocycles. The summed E-state index contributed by atoms with van der Waals surface area (Å²) in [6.45, 7) is 2.68. The predicted octanol–water partition coefficient (Wildman–Crippen LogP) is 1.37. The first-order valence-corrected chi connectivity index (χ1v) is 7.95. The minimum absolute atomic E-state index is 0.0414. The van der Waals surface area contributed by atoms with Gasteiger partial charge in [0.25, 0.3) is 11.8 Å². The van der Waals surface area contributed by atoms with E-state index in [4.69, 9.17) is 10.5 Å². The molecule has 7 nitrogen and oxygen atoms in total. The SMILES string of the molecule is CCNC(=O)COc1ccc(NC(=O)c2csc(CN)n2)cc1. The summed E-state index contributed by atoms with van der Waals surface area (Å²) in [7, 11) is 0. The van der Waals surface area contributed by atoms with Crippen LogP contribution in [0.15, 0.2) is 29.6 Å². The summed E-state index contributed by atoms with van der Waals surface area (Å²) in [6.07, 6.45) is 0. The van der Waals surface area contributed by atoms with Crippen LogP contribution in [0, 0.1) is 0 Å². The van der Waals surface area contributed by atoms with E-state index in [1.54, 1.807) is 29.6 Å². The normalized spacial score (nSPS) is 10.2. The molecule has 2 amide bonds. The second-order valence-corrected chi connectivity index (χ2v) is 5.49. The summed E-state index contributed by atoms with van der Waals surface area (Å²) in [5.41, 5.74) is 6.43. The summed E-state index contributed by atoms with van der Waals surface area (Å²) in [6, 6.07) is 6.75. The summed E-state index contributed by atoms with van der Waals surface area (Å²) in [5.74, 6) is 0.0781. The Balaban J connectivity index is 1.89. The number of benzene rings is 1. The third kappa shape index (κ3) is 5.04. The van der Waals surface area contributed by atoms with E-state index < -0.39 is 0 Å². The van der Waals surface area contributed by atoms with Crippen LogP contribution in [0.3, 0.4) is 0 Å². The first kappa shape index (κ1) is 16.9. The molecule has 0 fully saturated rings. The summed E-state index contributed by atoms with van der Waals surface area (Å²) in [5, 5.41) is 7.76.